The predicted octanol–water partition coefficient (Wildman–Crippen LogP) is 5.48. The molecule has 5 rings (SSSR count). The number of aromatic nitrogens is 1. The topological polar surface area (TPSA) is 95.7 Å². The Balaban J connectivity index is 1.38. The Morgan fingerprint density at radius 3 is 2.69 bits per heavy atom. The van der Waals surface area contributed by atoms with Crippen LogP contribution >= 0.6 is 11.0 Å². The molecular formula is C24H25N5O2S. The summed E-state index contributed by atoms with van der Waals surface area (Å²) < 4.78 is 25.0. The van der Waals surface area contributed by atoms with Gasteiger partial charge in [-0.05, 0) is 76.7 Å². The quantitative estimate of drug-likeness (QED) is 0.460. The maximum absolute atomic E-state index is 10.8. The van der Waals surface area contributed by atoms with E-state index in [2.05, 4.69) is 34.6 Å². The van der Waals surface area contributed by atoms with Crippen molar-refractivity contribution in [1.82, 2.24) is 4.98 Å². The number of hydrogen-bond acceptors (Lipinski definition) is 7. The van der Waals surface area contributed by atoms with Crippen molar-refractivity contribution >= 4 is 28.0 Å². The minimum Gasteiger partial charge on any atom is -0.381 e. The van der Waals surface area contributed by atoms with Gasteiger partial charge in [0.25, 0.3) is 0 Å². The molecule has 0 radical (unpaired) electrons. The normalized spacial score (nSPS) is 17.6. The highest BCUT2D eigenvalue weighted by Gasteiger charge is 2.41. The summed E-state index contributed by atoms with van der Waals surface area (Å²) in [5.74, 6) is 0.550. The first-order valence-electron chi connectivity index (χ1n) is 10.6. The van der Waals surface area contributed by atoms with Gasteiger partial charge in [0.2, 0.25) is 0 Å². The van der Waals surface area contributed by atoms with E-state index in [1.165, 1.54) is 0 Å². The number of nitrogens with one attached hydrogen (secondary N) is 1. The van der Waals surface area contributed by atoms with Crippen LogP contribution in [0.1, 0.15) is 24.1 Å². The van der Waals surface area contributed by atoms with Crippen LogP contribution in [0.3, 0.4) is 0 Å². The van der Waals surface area contributed by atoms with Crippen molar-refractivity contribution in [3.8, 4) is 17.2 Å². The smallest absolute Gasteiger partial charge is 0.142 e. The molecule has 2 heterocycles. The average molecular weight is 448 g/mol. The molecule has 0 bridgehead atoms. The van der Waals surface area contributed by atoms with Crippen LogP contribution in [0.25, 0.3) is 11.1 Å². The fraction of sp³-hybridized carbons (Fsp3) is 0.250. The molecule has 1 saturated carbocycles. The molecule has 8 heteroatoms. The largest absolute Gasteiger partial charge is 0.381 e. The number of fused-ring (bicyclic) bond motifs is 1. The number of pyridine rings is 1. The minimum absolute atomic E-state index is 0.382. The van der Waals surface area contributed by atoms with E-state index >= 15 is 0 Å². The number of anilines is 3. The van der Waals surface area contributed by atoms with Crippen molar-refractivity contribution in [2.75, 3.05) is 27.5 Å². The molecule has 1 aromatic heterocycles. The van der Waals surface area contributed by atoms with Crippen LogP contribution in [-0.4, -0.2) is 27.7 Å². The van der Waals surface area contributed by atoms with Crippen molar-refractivity contribution in [3.05, 3.63) is 72.1 Å². The molecule has 3 aromatic rings. The maximum atomic E-state index is 10.8. The Labute approximate surface area is 189 Å². The zero-order valence-corrected chi connectivity index (χ0v) is 18.6. The van der Waals surface area contributed by atoms with E-state index in [-0.39, 0.29) is 0 Å². The van der Waals surface area contributed by atoms with Crippen LogP contribution in [0.2, 0.25) is 0 Å². The highest BCUT2D eigenvalue weighted by Crippen LogP contribution is 2.61. The van der Waals surface area contributed by atoms with Gasteiger partial charge < -0.3 is 5.32 Å². The molecule has 0 atom stereocenters. The summed E-state index contributed by atoms with van der Waals surface area (Å²) >= 11 is 0. The lowest BCUT2D eigenvalue weighted by Gasteiger charge is -2.42. The summed E-state index contributed by atoms with van der Waals surface area (Å²) in [6.45, 7) is 1.30. The summed E-state index contributed by atoms with van der Waals surface area (Å²) in [4.78, 5) is 3.99. The van der Waals surface area contributed by atoms with Gasteiger partial charge in [0.05, 0.1) is 11.4 Å². The Morgan fingerprint density at radius 1 is 1.09 bits per heavy atom. The third-order valence-electron chi connectivity index (χ3n) is 6.00. The highest BCUT2D eigenvalue weighted by molar-refractivity contribution is 8.26. The number of benzene rings is 2. The molecule has 3 N–H and O–H groups in total. The summed E-state index contributed by atoms with van der Waals surface area (Å²) in [5.41, 5.74) is 6.14. The van der Waals surface area contributed by atoms with Crippen molar-refractivity contribution in [3.63, 3.8) is 0 Å². The number of nitrogens with zero attached hydrogens (tertiary/aromatic N) is 4. The molecule has 0 spiro atoms. The molecule has 32 heavy (non-hydrogen) atoms. The zero-order chi connectivity index (χ0) is 22.3. The Hall–Kier alpha value is -3.25. The third kappa shape index (κ3) is 3.86. The SMILES string of the molecule is CN1c2cc(-c3cccc(CNc4ccnc(C#N)c4)c3)ccc2N(CC2CC2)S1(O)O. The number of rotatable bonds is 6. The van der Waals surface area contributed by atoms with Gasteiger partial charge in [-0.3, -0.25) is 17.7 Å². The first-order valence-corrected chi connectivity index (χ1v) is 12.0. The lowest BCUT2D eigenvalue weighted by Crippen LogP contribution is -2.32. The zero-order valence-electron chi connectivity index (χ0n) is 17.8. The van der Waals surface area contributed by atoms with E-state index in [9.17, 15) is 9.11 Å². The van der Waals surface area contributed by atoms with Gasteiger partial charge in [-0.2, -0.15) is 5.26 Å². The third-order valence-corrected chi connectivity index (χ3v) is 7.87. The van der Waals surface area contributed by atoms with Crippen LogP contribution in [-0.2, 0) is 6.54 Å². The summed E-state index contributed by atoms with van der Waals surface area (Å²) in [5, 5.41) is 12.3. The molecule has 1 fully saturated rings. The lowest BCUT2D eigenvalue weighted by molar-refractivity contribution is 0.481. The second-order valence-electron chi connectivity index (χ2n) is 8.29. The Bertz CT molecular complexity index is 1200. The molecule has 0 saturated heterocycles. The molecular weight excluding hydrogens is 422 g/mol. The molecule has 1 aliphatic carbocycles. The second-order valence-corrected chi connectivity index (χ2v) is 10.3. The fourth-order valence-corrected chi connectivity index (χ4v) is 5.51. The fourth-order valence-electron chi connectivity index (χ4n) is 3.98. The van der Waals surface area contributed by atoms with Gasteiger partial charge in [-0.15, -0.1) is 0 Å². The maximum Gasteiger partial charge on any atom is 0.142 e. The molecule has 7 nitrogen and oxygen atoms in total. The Morgan fingerprint density at radius 2 is 1.91 bits per heavy atom. The minimum atomic E-state index is -3.00. The number of hydrogen-bond donors (Lipinski definition) is 3. The standard InChI is InChI=1S/C24H25N5O2S/c1-28-24-12-20(7-8-23(24)29(32(28,30)31)16-17-5-6-17)19-4-2-3-18(11-19)15-27-21-9-10-26-22(13-21)14-25/h2-4,7-13,17,30-31H,5-6,15-16H2,1H3,(H,26,27). The Kier molecular flexibility index (Phi) is 5.18. The second kappa shape index (κ2) is 8.02. The molecule has 0 amide bonds. The molecule has 1 aliphatic heterocycles. The van der Waals surface area contributed by atoms with Gasteiger partial charge in [-0.1, -0.05) is 24.3 Å². The molecule has 0 unspecified atom stereocenters. The molecule has 164 valence electrons. The van der Waals surface area contributed by atoms with E-state index < -0.39 is 11.0 Å². The first-order chi connectivity index (χ1) is 15.5. The van der Waals surface area contributed by atoms with E-state index in [4.69, 9.17) is 5.26 Å². The van der Waals surface area contributed by atoms with Crippen molar-refractivity contribution in [2.24, 2.45) is 5.92 Å². The summed E-state index contributed by atoms with van der Waals surface area (Å²) in [6.07, 6.45) is 3.93. The van der Waals surface area contributed by atoms with Crippen molar-refractivity contribution in [2.45, 2.75) is 19.4 Å². The van der Waals surface area contributed by atoms with E-state index in [1.807, 2.05) is 30.3 Å². The average Bonchev–Trinajstić information content (AvgIpc) is 3.62. The highest BCUT2D eigenvalue weighted by atomic mass is 32.3. The molecule has 2 aromatic carbocycles. The van der Waals surface area contributed by atoms with Gasteiger partial charge >= 0.3 is 0 Å². The molecule has 2 aliphatic rings. The lowest BCUT2D eigenvalue weighted by atomic mass is 10.0. The predicted molar refractivity (Wildman–Crippen MR) is 129 cm³/mol. The monoisotopic (exact) mass is 447 g/mol. The van der Waals surface area contributed by atoms with Crippen LogP contribution in [0.4, 0.5) is 17.1 Å². The van der Waals surface area contributed by atoms with Crippen LogP contribution in [0, 0.1) is 17.2 Å². The summed E-state index contributed by atoms with van der Waals surface area (Å²) in [6, 6.07) is 19.9. The summed E-state index contributed by atoms with van der Waals surface area (Å²) in [7, 11) is -1.26. The van der Waals surface area contributed by atoms with E-state index in [1.54, 1.807) is 27.9 Å². The first kappa shape index (κ1) is 20.6. The number of nitriles is 1. The van der Waals surface area contributed by atoms with Gasteiger partial charge in [-0.25, -0.2) is 4.98 Å². The van der Waals surface area contributed by atoms with Gasteiger partial charge in [0.15, 0.2) is 0 Å². The van der Waals surface area contributed by atoms with Gasteiger partial charge in [0, 0.05) is 32.0 Å². The van der Waals surface area contributed by atoms with Crippen molar-refractivity contribution < 1.29 is 9.11 Å². The van der Waals surface area contributed by atoms with E-state index in [0.717, 1.165) is 46.6 Å². The van der Waals surface area contributed by atoms with Crippen LogP contribution in [0.5, 0.6) is 0 Å². The van der Waals surface area contributed by atoms with Crippen LogP contribution in [0.15, 0.2) is 60.8 Å². The van der Waals surface area contributed by atoms with Crippen molar-refractivity contribution in [1.29, 1.82) is 5.26 Å². The van der Waals surface area contributed by atoms with Crippen LogP contribution < -0.4 is 13.9 Å². The van der Waals surface area contributed by atoms with Gasteiger partial charge in [0.1, 0.15) is 11.8 Å². The van der Waals surface area contributed by atoms with E-state index in [0.29, 0.717) is 24.7 Å².